The number of amides is 1. The summed E-state index contributed by atoms with van der Waals surface area (Å²) in [6.07, 6.45) is 3.92. The first-order valence-electron chi connectivity index (χ1n) is 8.90. The Bertz CT molecular complexity index is 896. The molecule has 0 radical (unpaired) electrons. The number of fused-ring (bicyclic) bond motifs is 1. The van der Waals surface area contributed by atoms with Crippen molar-refractivity contribution in [2.45, 2.75) is 26.2 Å². The first-order valence-corrected chi connectivity index (χ1v) is 8.90. The average molecular weight is 349 g/mol. The molecule has 6 nitrogen and oxygen atoms in total. The quantitative estimate of drug-likeness (QED) is 0.768. The Morgan fingerprint density at radius 2 is 2.00 bits per heavy atom. The van der Waals surface area contributed by atoms with Crippen LogP contribution >= 0.6 is 0 Å². The van der Waals surface area contributed by atoms with Crippen molar-refractivity contribution in [3.8, 4) is 0 Å². The Hall–Kier alpha value is -2.86. The Balaban J connectivity index is 1.37. The number of nitrogens with one attached hydrogen (secondary N) is 1. The van der Waals surface area contributed by atoms with Crippen LogP contribution in [-0.4, -0.2) is 31.5 Å². The molecule has 0 saturated heterocycles. The van der Waals surface area contributed by atoms with Crippen LogP contribution in [0, 0.1) is 0 Å². The highest BCUT2D eigenvalue weighted by Gasteiger charge is 2.19. The molecule has 2 aromatic heterocycles. The molecule has 0 bridgehead atoms. The maximum atomic E-state index is 12.2. The molecule has 3 heterocycles. The normalized spacial score (nSPS) is 14.2. The molecule has 0 saturated carbocycles. The predicted molar refractivity (Wildman–Crippen MR) is 99.4 cm³/mol. The van der Waals surface area contributed by atoms with Gasteiger partial charge in [0, 0.05) is 39.1 Å². The number of nitrogens with zero attached hydrogens (tertiary/aromatic N) is 4. The van der Waals surface area contributed by atoms with Gasteiger partial charge in [0.05, 0.1) is 18.8 Å². The van der Waals surface area contributed by atoms with E-state index in [1.165, 1.54) is 5.56 Å². The van der Waals surface area contributed by atoms with Gasteiger partial charge in [0.15, 0.2) is 0 Å². The SMILES string of the molecule is Cn1cccc1C(=O)NCc1cn2c(n1)CN(Cc1ccccc1)CC2. The third-order valence-corrected chi connectivity index (χ3v) is 4.79. The molecule has 1 aliphatic rings. The zero-order chi connectivity index (χ0) is 17.9. The van der Waals surface area contributed by atoms with Crippen LogP contribution < -0.4 is 5.32 Å². The number of imidazole rings is 1. The van der Waals surface area contributed by atoms with Crippen LogP contribution in [0.4, 0.5) is 0 Å². The van der Waals surface area contributed by atoms with Crippen molar-refractivity contribution in [1.82, 2.24) is 24.3 Å². The lowest BCUT2D eigenvalue weighted by atomic mass is 10.2. The van der Waals surface area contributed by atoms with Crippen LogP contribution in [0.1, 0.15) is 27.6 Å². The number of aryl methyl sites for hydroxylation is 1. The molecule has 6 heteroatoms. The van der Waals surface area contributed by atoms with Crippen LogP contribution in [-0.2, 0) is 33.2 Å². The van der Waals surface area contributed by atoms with E-state index in [0.29, 0.717) is 12.2 Å². The third-order valence-electron chi connectivity index (χ3n) is 4.79. The van der Waals surface area contributed by atoms with E-state index in [4.69, 9.17) is 4.98 Å². The number of carbonyl (C=O) groups excluding carboxylic acids is 1. The number of benzene rings is 1. The molecule has 1 aromatic carbocycles. The van der Waals surface area contributed by atoms with Gasteiger partial charge >= 0.3 is 0 Å². The second kappa shape index (κ2) is 7.17. The third kappa shape index (κ3) is 3.55. The molecule has 134 valence electrons. The molecule has 0 unspecified atom stereocenters. The van der Waals surface area contributed by atoms with Crippen molar-refractivity contribution in [1.29, 1.82) is 0 Å². The van der Waals surface area contributed by atoms with Crippen molar-refractivity contribution < 1.29 is 4.79 Å². The number of carbonyl (C=O) groups is 1. The summed E-state index contributed by atoms with van der Waals surface area (Å²) >= 11 is 0. The molecule has 0 aliphatic carbocycles. The number of aromatic nitrogens is 3. The minimum absolute atomic E-state index is 0.0748. The number of hydrogen-bond donors (Lipinski definition) is 1. The largest absolute Gasteiger partial charge is 0.347 e. The summed E-state index contributed by atoms with van der Waals surface area (Å²) < 4.78 is 4.01. The van der Waals surface area contributed by atoms with Crippen LogP contribution in [0.3, 0.4) is 0 Å². The lowest BCUT2D eigenvalue weighted by Crippen LogP contribution is -2.33. The smallest absolute Gasteiger partial charge is 0.268 e. The molecular weight excluding hydrogens is 326 g/mol. The lowest BCUT2D eigenvalue weighted by Gasteiger charge is -2.27. The summed E-state index contributed by atoms with van der Waals surface area (Å²) in [7, 11) is 1.87. The van der Waals surface area contributed by atoms with Crippen molar-refractivity contribution in [2.24, 2.45) is 7.05 Å². The summed E-state index contributed by atoms with van der Waals surface area (Å²) in [4.78, 5) is 19.3. The first-order chi connectivity index (χ1) is 12.7. The van der Waals surface area contributed by atoms with Crippen molar-refractivity contribution >= 4 is 5.91 Å². The molecule has 1 aliphatic heterocycles. The summed E-state index contributed by atoms with van der Waals surface area (Å²) in [6.45, 7) is 4.16. The molecule has 1 amide bonds. The highest BCUT2D eigenvalue weighted by molar-refractivity contribution is 5.92. The average Bonchev–Trinajstić information content (AvgIpc) is 3.26. The fourth-order valence-corrected chi connectivity index (χ4v) is 3.38. The van der Waals surface area contributed by atoms with Gasteiger partial charge < -0.3 is 14.5 Å². The van der Waals surface area contributed by atoms with Gasteiger partial charge in [-0.15, -0.1) is 0 Å². The van der Waals surface area contributed by atoms with Crippen LogP contribution in [0.5, 0.6) is 0 Å². The van der Waals surface area contributed by atoms with E-state index in [1.807, 2.05) is 36.0 Å². The molecule has 26 heavy (non-hydrogen) atoms. The number of rotatable bonds is 5. The van der Waals surface area contributed by atoms with E-state index < -0.39 is 0 Å². The van der Waals surface area contributed by atoms with Crippen LogP contribution in [0.25, 0.3) is 0 Å². The number of hydrogen-bond acceptors (Lipinski definition) is 3. The maximum Gasteiger partial charge on any atom is 0.268 e. The summed E-state index contributed by atoms with van der Waals surface area (Å²) in [5.41, 5.74) is 2.88. The monoisotopic (exact) mass is 349 g/mol. The van der Waals surface area contributed by atoms with Crippen molar-refractivity contribution in [3.05, 3.63) is 77.6 Å². The van der Waals surface area contributed by atoms with Crippen LogP contribution in [0.15, 0.2) is 54.9 Å². The van der Waals surface area contributed by atoms with E-state index in [0.717, 1.165) is 37.7 Å². The predicted octanol–water partition coefficient (Wildman–Crippen LogP) is 2.17. The Kier molecular flexibility index (Phi) is 4.58. The van der Waals surface area contributed by atoms with E-state index in [9.17, 15) is 4.79 Å². The van der Waals surface area contributed by atoms with E-state index >= 15 is 0 Å². The highest BCUT2D eigenvalue weighted by Crippen LogP contribution is 2.15. The molecule has 0 fully saturated rings. The summed E-state index contributed by atoms with van der Waals surface area (Å²) in [5, 5.41) is 2.95. The van der Waals surface area contributed by atoms with Gasteiger partial charge in [-0.25, -0.2) is 4.98 Å². The molecule has 0 atom stereocenters. The van der Waals surface area contributed by atoms with Crippen molar-refractivity contribution in [2.75, 3.05) is 6.54 Å². The van der Waals surface area contributed by atoms with Gasteiger partial charge in [0.1, 0.15) is 11.5 Å². The fourth-order valence-electron chi connectivity index (χ4n) is 3.38. The van der Waals surface area contributed by atoms with Gasteiger partial charge in [0.2, 0.25) is 0 Å². The van der Waals surface area contributed by atoms with Gasteiger partial charge in [-0.1, -0.05) is 30.3 Å². The zero-order valence-corrected chi connectivity index (χ0v) is 14.9. The summed E-state index contributed by atoms with van der Waals surface area (Å²) in [5.74, 6) is 0.990. The van der Waals surface area contributed by atoms with Gasteiger partial charge in [-0.3, -0.25) is 9.69 Å². The topological polar surface area (TPSA) is 55.1 Å². The van der Waals surface area contributed by atoms with Gasteiger partial charge in [0.25, 0.3) is 5.91 Å². The minimum Gasteiger partial charge on any atom is -0.347 e. The highest BCUT2D eigenvalue weighted by atomic mass is 16.1. The van der Waals surface area contributed by atoms with E-state index in [-0.39, 0.29) is 5.91 Å². The Morgan fingerprint density at radius 3 is 2.77 bits per heavy atom. The summed E-state index contributed by atoms with van der Waals surface area (Å²) in [6, 6.07) is 14.2. The molecule has 0 spiro atoms. The molecule has 1 N–H and O–H groups in total. The standard InChI is InChI=1S/C20H23N5O/c1-23-9-5-8-18(23)20(26)21-12-17-14-25-11-10-24(15-19(25)22-17)13-16-6-3-2-4-7-16/h2-9,14H,10-13,15H2,1H3,(H,21,26). The maximum absolute atomic E-state index is 12.2. The molecule has 3 aromatic rings. The lowest BCUT2D eigenvalue weighted by molar-refractivity contribution is 0.0942. The van der Waals surface area contributed by atoms with Crippen LogP contribution in [0.2, 0.25) is 0 Å². The molecule has 4 rings (SSSR count). The van der Waals surface area contributed by atoms with Crippen molar-refractivity contribution in [3.63, 3.8) is 0 Å². The fraction of sp³-hybridized carbons (Fsp3) is 0.300. The second-order valence-corrected chi connectivity index (χ2v) is 6.73. The Labute approximate surface area is 153 Å². The second-order valence-electron chi connectivity index (χ2n) is 6.73. The van der Waals surface area contributed by atoms with Gasteiger partial charge in [-0.05, 0) is 17.7 Å². The molecular formula is C20H23N5O. The minimum atomic E-state index is -0.0748. The van der Waals surface area contributed by atoms with Gasteiger partial charge in [-0.2, -0.15) is 0 Å². The van der Waals surface area contributed by atoms with E-state index in [1.54, 1.807) is 0 Å². The van der Waals surface area contributed by atoms with E-state index in [2.05, 4.69) is 45.2 Å². The first kappa shape index (κ1) is 16.6. The zero-order valence-electron chi connectivity index (χ0n) is 14.9. The Morgan fingerprint density at radius 1 is 1.15 bits per heavy atom.